The summed E-state index contributed by atoms with van der Waals surface area (Å²) >= 11 is 1.54. The van der Waals surface area contributed by atoms with Crippen LogP contribution in [0.4, 0.5) is 10.1 Å². The predicted molar refractivity (Wildman–Crippen MR) is 63.4 cm³/mol. The van der Waals surface area contributed by atoms with Gasteiger partial charge in [-0.3, -0.25) is 0 Å². The van der Waals surface area contributed by atoms with Crippen molar-refractivity contribution in [1.29, 1.82) is 0 Å². The summed E-state index contributed by atoms with van der Waals surface area (Å²) in [7, 11) is 1.78. The van der Waals surface area contributed by atoms with Crippen molar-refractivity contribution in [2.75, 3.05) is 30.8 Å². The maximum absolute atomic E-state index is 5.68. The maximum atomic E-state index is 5.68. The van der Waals surface area contributed by atoms with Crippen molar-refractivity contribution < 1.29 is 4.74 Å². The third-order valence-corrected chi connectivity index (χ3v) is 3.82. The standard InChI is InChI=1S/C10H17N3OS/c1-10(14-2)4-3-5-13(7-10)9-12-6-8(11)15-9/h6H,3-5,7,11H2,1-2H3. The number of nitrogens with two attached hydrogens (primary N) is 1. The molecule has 4 nitrogen and oxygen atoms in total. The first-order chi connectivity index (χ1) is 7.13. The van der Waals surface area contributed by atoms with Crippen molar-refractivity contribution in [2.24, 2.45) is 0 Å². The van der Waals surface area contributed by atoms with E-state index in [0.717, 1.165) is 36.1 Å². The number of anilines is 2. The second kappa shape index (κ2) is 3.98. The number of rotatable bonds is 2. The molecule has 1 unspecified atom stereocenters. The van der Waals surface area contributed by atoms with Gasteiger partial charge in [-0.2, -0.15) is 0 Å². The van der Waals surface area contributed by atoms with Crippen LogP contribution in [0.2, 0.25) is 0 Å². The van der Waals surface area contributed by atoms with Crippen LogP contribution in [0.25, 0.3) is 0 Å². The molecule has 0 bridgehead atoms. The summed E-state index contributed by atoms with van der Waals surface area (Å²) in [6.07, 6.45) is 3.98. The fourth-order valence-corrected chi connectivity index (χ4v) is 2.67. The Kier molecular flexibility index (Phi) is 2.84. The van der Waals surface area contributed by atoms with E-state index in [1.807, 2.05) is 0 Å². The van der Waals surface area contributed by atoms with Crippen LogP contribution in [-0.4, -0.2) is 30.8 Å². The highest BCUT2D eigenvalue weighted by Gasteiger charge is 2.31. The monoisotopic (exact) mass is 227 g/mol. The zero-order valence-electron chi connectivity index (χ0n) is 9.19. The predicted octanol–water partition coefficient (Wildman–Crippen LogP) is 1.73. The average Bonchev–Trinajstić information content (AvgIpc) is 2.65. The number of nitrogens with zero attached hydrogens (tertiary/aromatic N) is 2. The summed E-state index contributed by atoms with van der Waals surface area (Å²) in [5, 5.41) is 1.78. The van der Waals surface area contributed by atoms with Crippen molar-refractivity contribution in [3.8, 4) is 0 Å². The summed E-state index contributed by atoms with van der Waals surface area (Å²) in [6.45, 7) is 4.10. The van der Waals surface area contributed by atoms with Gasteiger partial charge in [-0.05, 0) is 19.8 Å². The second-order valence-electron chi connectivity index (χ2n) is 4.22. The Balaban J connectivity index is 2.11. The van der Waals surface area contributed by atoms with Gasteiger partial charge in [0.25, 0.3) is 0 Å². The zero-order chi connectivity index (χ0) is 10.9. The van der Waals surface area contributed by atoms with Crippen molar-refractivity contribution >= 4 is 21.5 Å². The van der Waals surface area contributed by atoms with Crippen molar-refractivity contribution in [2.45, 2.75) is 25.4 Å². The lowest BCUT2D eigenvalue weighted by Crippen LogP contribution is -2.47. The van der Waals surface area contributed by atoms with E-state index in [9.17, 15) is 0 Å². The van der Waals surface area contributed by atoms with Crippen LogP contribution in [0.1, 0.15) is 19.8 Å². The SMILES string of the molecule is COC1(C)CCCN(c2ncc(N)s2)C1. The first kappa shape index (κ1) is 10.7. The minimum atomic E-state index is -0.0430. The fraction of sp³-hybridized carbons (Fsp3) is 0.700. The van der Waals surface area contributed by atoms with Gasteiger partial charge in [0.15, 0.2) is 5.13 Å². The molecule has 1 aliphatic heterocycles. The first-order valence-electron chi connectivity index (χ1n) is 5.14. The lowest BCUT2D eigenvalue weighted by Gasteiger charge is -2.39. The van der Waals surface area contributed by atoms with Crippen molar-refractivity contribution in [3.05, 3.63) is 6.20 Å². The van der Waals surface area contributed by atoms with E-state index in [2.05, 4.69) is 16.8 Å². The first-order valence-corrected chi connectivity index (χ1v) is 5.96. The summed E-state index contributed by atoms with van der Waals surface area (Å²) in [4.78, 5) is 6.56. The quantitative estimate of drug-likeness (QED) is 0.836. The van der Waals surface area contributed by atoms with Gasteiger partial charge in [0.1, 0.15) is 5.00 Å². The third kappa shape index (κ3) is 2.23. The van der Waals surface area contributed by atoms with Crippen LogP contribution in [-0.2, 0) is 4.74 Å². The van der Waals surface area contributed by atoms with Gasteiger partial charge in [0.2, 0.25) is 0 Å². The van der Waals surface area contributed by atoms with Crippen molar-refractivity contribution in [1.82, 2.24) is 4.98 Å². The smallest absolute Gasteiger partial charge is 0.187 e. The number of ether oxygens (including phenoxy) is 1. The van der Waals surface area contributed by atoms with Gasteiger partial charge >= 0.3 is 0 Å². The highest BCUT2D eigenvalue weighted by atomic mass is 32.1. The van der Waals surface area contributed by atoms with E-state index >= 15 is 0 Å². The van der Waals surface area contributed by atoms with E-state index in [0.29, 0.717) is 0 Å². The van der Waals surface area contributed by atoms with Gasteiger partial charge < -0.3 is 15.4 Å². The number of thiazole rings is 1. The van der Waals surface area contributed by atoms with E-state index < -0.39 is 0 Å². The average molecular weight is 227 g/mol. The van der Waals surface area contributed by atoms with E-state index in [4.69, 9.17) is 10.5 Å². The number of hydrogen-bond donors (Lipinski definition) is 1. The van der Waals surface area contributed by atoms with Crippen LogP contribution in [0.3, 0.4) is 0 Å². The zero-order valence-corrected chi connectivity index (χ0v) is 10.0. The summed E-state index contributed by atoms with van der Waals surface area (Å²) in [5.74, 6) is 0. The Hall–Kier alpha value is -0.810. The molecule has 1 saturated heterocycles. The molecule has 1 aliphatic rings. The molecule has 0 aliphatic carbocycles. The molecule has 0 aromatic carbocycles. The van der Waals surface area contributed by atoms with E-state index in [1.165, 1.54) is 0 Å². The van der Waals surface area contributed by atoms with Gasteiger partial charge in [-0.15, -0.1) is 0 Å². The molecule has 0 amide bonds. The second-order valence-corrected chi connectivity index (χ2v) is 5.27. The van der Waals surface area contributed by atoms with Gasteiger partial charge in [-0.25, -0.2) is 4.98 Å². The molecule has 0 saturated carbocycles. The number of nitrogen functional groups attached to an aromatic ring is 1. The van der Waals surface area contributed by atoms with Crippen LogP contribution >= 0.6 is 11.3 Å². The van der Waals surface area contributed by atoms with Crippen molar-refractivity contribution in [3.63, 3.8) is 0 Å². The number of aromatic nitrogens is 1. The Morgan fingerprint density at radius 1 is 1.67 bits per heavy atom. The summed E-state index contributed by atoms with van der Waals surface area (Å²) < 4.78 is 5.54. The number of hydrogen-bond acceptors (Lipinski definition) is 5. The van der Waals surface area contributed by atoms with E-state index in [-0.39, 0.29) is 5.60 Å². The molecule has 2 heterocycles. The molecule has 1 atom stereocenters. The highest BCUT2D eigenvalue weighted by molar-refractivity contribution is 7.19. The molecular weight excluding hydrogens is 210 g/mol. The largest absolute Gasteiger partial charge is 0.389 e. The van der Waals surface area contributed by atoms with E-state index in [1.54, 1.807) is 24.6 Å². The minimum absolute atomic E-state index is 0.0430. The number of methoxy groups -OCH3 is 1. The van der Waals surface area contributed by atoms with Crippen LogP contribution < -0.4 is 10.6 Å². The Morgan fingerprint density at radius 3 is 3.07 bits per heavy atom. The van der Waals surface area contributed by atoms with Gasteiger partial charge in [-0.1, -0.05) is 11.3 Å². The fourth-order valence-electron chi connectivity index (χ4n) is 1.96. The lowest BCUT2D eigenvalue weighted by atomic mass is 9.95. The topological polar surface area (TPSA) is 51.4 Å². The summed E-state index contributed by atoms with van der Waals surface area (Å²) in [5.41, 5.74) is 5.64. The highest BCUT2D eigenvalue weighted by Crippen LogP contribution is 2.31. The normalized spacial score (nSPS) is 26.9. The Morgan fingerprint density at radius 2 is 2.47 bits per heavy atom. The third-order valence-electron chi connectivity index (χ3n) is 2.93. The molecule has 2 rings (SSSR count). The van der Waals surface area contributed by atoms with Crippen LogP contribution in [0, 0.1) is 0 Å². The molecule has 1 aromatic heterocycles. The Bertz CT molecular complexity index is 341. The molecular formula is C10H17N3OS. The maximum Gasteiger partial charge on any atom is 0.187 e. The van der Waals surface area contributed by atoms with Gasteiger partial charge in [0.05, 0.1) is 11.8 Å². The molecule has 0 radical (unpaired) electrons. The molecule has 1 fully saturated rings. The Labute approximate surface area is 94.1 Å². The van der Waals surface area contributed by atoms with Crippen LogP contribution in [0.5, 0.6) is 0 Å². The molecule has 0 spiro atoms. The van der Waals surface area contributed by atoms with Gasteiger partial charge in [0, 0.05) is 20.2 Å². The molecule has 5 heteroatoms. The number of piperidine rings is 1. The summed E-state index contributed by atoms with van der Waals surface area (Å²) in [6, 6.07) is 0. The molecule has 2 N–H and O–H groups in total. The molecule has 15 heavy (non-hydrogen) atoms. The molecule has 1 aromatic rings. The molecule has 84 valence electrons. The van der Waals surface area contributed by atoms with Crippen LogP contribution in [0.15, 0.2) is 6.20 Å². The lowest BCUT2D eigenvalue weighted by molar-refractivity contribution is -0.00466. The minimum Gasteiger partial charge on any atom is -0.389 e.